The molecule has 1 fully saturated rings. The molecular formula is C24H24N6O2. The van der Waals surface area contributed by atoms with Gasteiger partial charge in [-0.2, -0.15) is 5.10 Å². The third-order valence-electron chi connectivity index (χ3n) is 6.14. The number of hydrogen-bond donors (Lipinski definition) is 1. The van der Waals surface area contributed by atoms with Crippen LogP contribution in [0.15, 0.2) is 70.5 Å². The molecule has 0 atom stereocenters. The SMILES string of the molecule is Cn1c(NC2CCC(n3nc(-c4cccnc4)ccc3=O)CC2)nc2ccccc2c1=O. The molecule has 162 valence electrons. The standard InChI is InChI=1S/C24H24N6O2/c1-29-23(32)19-6-2-3-7-21(19)27-24(29)26-17-8-10-18(11-9-17)30-22(31)13-12-20(28-30)16-5-4-14-25-15-16/h2-7,12-15,17-18H,8-11H2,1H3,(H,26,27). The molecule has 8 nitrogen and oxygen atoms in total. The van der Waals surface area contributed by atoms with Crippen molar-refractivity contribution in [3.05, 3.63) is 81.6 Å². The number of nitrogens with one attached hydrogen (secondary N) is 1. The van der Waals surface area contributed by atoms with Gasteiger partial charge < -0.3 is 5.32 Å². The van der Waals surface area contributed by atoms with Crippen LogP contribution in [0.4, 0.5) is 5.95 Å². The van der Waals surface area contributed by atoms with E-state index < -0.39 is 0 Å². The van der Waals surface area contributed by atoms with Crippen molar-refractivity contribution in [1.82, 2.24) is 24.3 Å². The van der Waals surface area contributed by atoms with Crippen LogP contribution in [0.25, 0.3) is 22.2 Å². The molecule has 0 saturated heterocycles. The summed E-state index contributed by atoms with van der Waals surface area (Å²) in [4.78, 5) is 33.9. The number of rotatable bonds is 4. The van der Waals surface area contributed by atoms with Crippen molar-refractivity contribution >= 4 is 16.9 Å². The highest BCUT2D eigenvalue weighted by atomic mass is 16.1. The summed E-state index contributed by atoms with van der Waals surface area (Å²) in [7, 11) is 1.74. The lowest BCUT2D eigenvalue weighted by atomic mass is 9.91. The molecule has 0 bridgehead atoms. The van der Waals surface area contributed by atoms with E-state index in [9.17, 15) is 9.59 Å². The summed E-state index contributed by atoms with van der Waals surface area (Å²) in [5.41, 5.74) is 2.17. The Morgan fingerprint density at radius 2 is 1.78 bits per heavy atom. The molecule has 1 N–H and O–H groups in total. The van der Waals surface area contributed by atoms with Crippen LogP contribution in [-0.4, -0.2) is 30.4 Å². The molecule has 5 rings (SSSR count). The van der Waals surface area contributed by atoms with E-state index in [4.69, 9.17) is 0 Å². The second kappa shape index (κ2) is 8.37. The van der Waals surface area contributed by atoms with E-state index in [2.05, 4.69) is 20.4 Å². The Balaban J connectivity index is 1.32. The van der Waals surface area contributed by atoms with E-state index in [1.54, 1.807) is 46.9 Å². The summed E-state index contributed by atoms with van der Waals surface area (Å²) in [6, 6.07) is 14.7. The van der Waals surface area contributed by atoms with Gasteiger partial charge >= 0.3 is 0 Å². The van der Waals surface area contributed by atoms with Gasteiger partial charge in [0.2, 0.25) is 5.95 Å². The van der Waals surface area contributed by atoms with Crippen molar-refractivity contribution in [3.63, 3.8) is 0 Å². The Morgan fingerprint density at radius 1 is 0.969 bits per heavy atom. The number of hydrogen-bond acceptors (Lipinski definition) is 6. The Morgan fingerprint density at radius 3 is 2.56 bits per heavy atom. The van der Waals surface area contributed by atoms with Crippen LogP contribution in [0.5, 0.6) is 0 Å². The van der Waals surface area contributed by atoms with Crippen molar-refractivity contribution in [3.8, 4) is 11.3 Å². The molecule has 3 aromatic heterocycles. The first-order valence-corrected chi connectivity index (χ1v) is 10.8. The van der Waals surface area contributed by atoms with Gasteiger partial charge in [0.15, 0.2) is 0 Å². The molecule has 8 heteroatoms. The van der Waals surface area contributed by atoms with E-state index in [1.807, 2.05) is 30.3 Å². The monoisotopic (exact) mass is 428 g/mol. The fraction of sp³-hybridized carbons (Fsp3) is 0.292. The first-order chi connectivity index (χ1) is 15.6. The molecule has 0 unspecified atom stereocenters. The number of aromatic nitrogens is 5. The Bertz CT molecular complexity index is 1370. The Labute approximate surface area is 184 Å². The molecule has 1 saturated carbocycles. The van der Waals surface area contributed by atoms with Crippen molar-refractivity contribution < 1.29 is 0 Å². The molecule has 0 aliphatic heterocycles. The topological polar surface area (TPSA) is 94.7 Å². The van der Waals surface area contributed by atoms with Crippen LogP contribution in [0.1, 0.15) is 31.7 Å². The van der Waals surface area contributed by atoms with Crippen molar-refractivity contribution in [2.24, 2.45) is 7.05 Å². The fourth-order valence-electron chi connectivity index (χ4n) is 4.35. The number of benzene rings is 1. The summed E-state index contributed by atoms with van der Waals surface area (Å²) in [6.07, 6.45) is 6.83. The van der Waals surface area contributed by atoms with Gasteiger partial charge in [-0.25, -0.2) is 9.67 Å². The van der Waals surface area contributed by atoms with Gasteiger partial charge in [-0.1, -0.05) is 12.1 Å². The highest BCUT2D eigenvalue weighted by molar-refractivity contribution is 5.78. The first kappa shape index (κ1) is 20.1. The molecule has 0 amide bonds. The predicted octanol–water partition coefficient (Wildman–Crippen LogP) is 3.15. The molecule has 3 heterocycles. The maximum absolute atomic E-state index is 12.6. The molecule has 0 radical (unpaired) electrons. The number of nitrogens with zero attached hydrogens (tertiary/aromatic N) is 5. The van der Waals surface area contributed by atoms with E-state index >= 15 is 0 Å². The van der Waals surface area contributed by atoms with Gasteiger partial charge in [-0.3, -0.25) is 19.1 Å². The van der Waals surface area contributed by atoms with Gasteiger partial charge in [0.05, 0.1) is 22.6 Å². The smallest absolute Gasteiger partial charge is 0.267 e. The minimum atomic E-state index is -0.0901. The average Bonchev–Trinajstić information content (AvgIpc) is 2.84. The van der Waals surface area contributed by atoms with Gasteiger partial charge in [0.1, 0.15) is 0 Å². The zero-order valence-corrected chi connectivity index (χ0v) is 17.8. The normalized spacial score (nSPS) is 18.5. The largest absolute Gasteiger partial charge is 0.353 e. The van der Waals surface area contributed by atoms with Gasteiger partial charge in [0.25, 0.3) is 11.1 Å². The summed E-state index contributed by atoms with van der Waals surface area (Å²) in [5.74, 6) is 0.575. The lowest BCUT2D eigenvalue weighted by Gasteiger charge is -2.30. The third kappa shape index (κ3) is 3.79. The van der Waals surface area contributed by atoms with Crippen molar-refractivity contribution in [1.29, 1.82) is 0 Å². The number of anilines is 1. The quantitative estimate of drug-likeness (QED) is 0.537. The lowest BCUT2D eigenvalue weighted by Crippen LogP contribution is -2.34. The Hall–Kier alpha value is -3.81. The fourth-order valence-corrected chi connectivity index (χ4v) is 4.35. The van der Waals surface area contributed by atoms with Crippen LogP contribution < -0.4 is 16.4 Å². The second-order valence-electron chi connectivity index (χ2n) is 8.21. The molecule has 32 heavy (non-hydrogen) atoms. The van der Waals surface area contributed by atoms with E-state index in [0.717, 1.165) is 36.9 Å². The molecular weight excluding hydrogens is 404 g/mol. The maximum Gasteiger partial charge on any atom is 0.267 e. The molecule has 0 spiro atoms. The minimum absolute atomic E-state index is 0.0468. The summed E-state index contributed by atoms with van der Waals surface area (Å²) < 4.78 is 3.18. The zero-order chi connectivity index (χ0) is 22.1. The van der Waals surface area contributed by atoms with Gasteiger partial charge in [0, 0.05) is 37.1 Å². The molecule has 1 aliphatic carbocycles. The van der Waals surface area contributed by atoms with Gasteiger partial charge in [-0.05, 0) is 56.0 Å². The Kier molecular flexibility index (Phi) is 5.26. The summed E-state index contributed by atoms with van der Waals surface area (Å²) in [5, 5.41) is 8.68. The van der Waals surface area contributed by atoms with Crippen LogP contribution in [0.3, 0.4) is 0 Å². The van der Waals surface area contributed by atoms with Crippen molar-refractivity contribution in [2.75, 3.05) is 5.32 Å². The second-order valence-corrected chi connectivity index (χ2v) is 8.21. The first-order valence-electron chi connectivity index (χ1n) is 10.8. The number of para-hydroxylation sites is 1. The average molecular weight is 428 g/mol. The van der Waals surface area contributed by atoms with Gasteiger partial charge in [-0.15, -0.1) is 0 Å². The minimum Gasteiger partial charge on any atom is -0.353 e. The summed E-state index contributed by atoms with van der Waals surface area (Å²) >= 11 is 0. The van der Waals surface area contributed by atoms with E-state index in [1.165, 1.54) is 0 Å². The predicted molar refractivity (Wildman–Crippen MR) is 124 cm³/mol. The van der Waals surface area contributed by atoms with E-state index in [0.29, 0.717) is 16.9 Å². The maximum atomic E-state index is 12.6. The molecule has 1 aliphatic rings. The highest BCUT2D eigenvalue weighted by Crippen LogP contribution is 2.29. The van der Waals surface area contributed by atoms with E-state index in [-0.39, 0.29) is 23.2 Å². The van der Waals surface area contributed by atoms with Crippen LogP contribution in [-0.2, 0) is 7.05 Å². The van der Waals surface area contributed by atoms with Crippen LogP contribution >= 0.6 is 0 Å². The van der Waals surface area contributed by atoms with Crippen LogP contribution in [0.2, 0.25) is 0 Å². The lowest BCUT2D eigenvalue weighted by molar-refractivity contribution is 0.303. The summed E-state index contributed by atoms with van der Waals surface area (Å²) in [6.45, 7) is 0. The third-order valence-corrected chi connectivity index (χ3v) is 6.14. The zero-order valence-electron chi connectivity index (χ0n) is 17.8. The highest BCUT2D eigenvalue weighted by Gasteiger charge is 2.25. The van der Waals surface area contributed by atoms with Crippen molar-refractivity contribution in [2.45, 2.75) is 37.8 Å². The molecule has 1 aromatic carbocycles. The molecule has 4 aromatic rings. The number of pyridine rings is 1. The number of fused-ring (bicyclic) bond motifs is 1. The van der Waals surface area contributed by atoms with Crippen LogP contribution in [0, 0.1) is 0 Å².